The Hall–Kier alpha value is -2.48. The van der Waals surface area contributed by atoms with Gasteiger partial charge in [0.2, 0.25) is 0 Å². The van der Waals surface area contributed by atoms with Crippen LogP contribution in [0.4, 0.5) is 11.4 Å². The molecule has 0 atom stereocenters. The summed E-state index contributed by atoms with van der Waals surface area (Å²) in [6, 6.07) is 19.7. The summed E-state index contributed by atoms with van der Waals surface area (Å²) >= 11 is 0. The van der Waals surface area contributed by atoms with Gasteiger partial charge in [-0.05, 0) is 31.2 Å². The van der Waals surface area contributed by atoms with Crippen LogP contribution in [0, 0.1) is 6.92 Å². The van der Waals surface area contributed by atoms with Crippen LogP contribution in [0.5, 0.6) is 5.75 Å². The summed E-state index contributed by atoms with van der Waals surface area (Å²) in [4.78, 5) is 0. The number of hydrogen-bond donors (Lipinski definition) is 2. The molecule has 0 radical (unpaired) electrons. The third-order valence-corrected chi connectivity index (χ3v) is 3.23. The molecule has 0 unspecified atom stereocenters. The SMILES string of the molecule is Cc1ccc(Nc2ccc(O)c3ccccc23)cc1. The van der Waals surface area contributed by atoms with Gasteiger partial charge in [0.05, 0.1) is 0 Å². The van der Waals surface area contributed by atoms with Crippen molar-refractivity contribution in [2.24, 2.45) is 0 Å². The van der Waals surface area contributed by atoms with E-state index in [1.54, 1.807) is 6.07 Å². The molecule has 0 bridgehead atoms. The molecular weight excluding hydrogens is 234 g/mol. The first-order valence-corrected chi connectivity index (χ1v) is 6.28. The normalized spacial score (nSPS) is 10.6. The predicted octanol–water partition coefficient (Wildman–Crippen LogP) is 4.60. The van der Waals surface area contributed by atoms with Crippen molar-refractivity contribution in [3.63, 3.8) is 0 Å². The van der Waals surface area contributed by atoms with E-state index >= 15 is 0 Å². The van der Waals surface area contributed by atoms with Crippen molar-refractivity contribution in [3.8, 4) is 5.75 Å². The van der Waals surface area contributed by atoms with Crippen LogP contribution in [0.15, 0.2) is 60.7 Å². The molecule has 0 aliphatic carbocycles. The van der Waals surface area contributed by atoms with Crippen molar-refractivity contribution in [3.05, 3.63) is 66.2 Å². The van der Waals surface area contributed by atoms with Gasteiger partial charge in [0.25, 0.3) is 0 Å². The van der Waals surface area contributed by atoms with Crippen LogP contribution in [0.25, 0.3) is 10.8 Å². The second kappa shape index (κ2) is 4.65. The summed E-state index contributed by atoms with van der Waals surface area (Å²) < 4.78 is 0. The van der Waals surface area contributed by atoms with Gasteiger partial charge < -0.3 is 10.4 Å². The lowest BCUT2D eigenvalue weighted by Crippen LogP contribution is -1.91. The molecule has 0 aliphatic heterocycles. The van der Waals surface area contributed by atoms with Crippen molar-refractivity contribution in [1.82, 2.24) is 0 Å². The number of fused-ring (bicyclic) bond motifs is 1. The second-order valence-electron chi connectivity index (χ2n) is 4.67. The maximum absolute atomic E-state index is 9.87. The van der Waals surface area contributed by atoms with Gasteiger partial charge in [-0.25, -0.2) is 0 Å². The van der Waals surface area contributed by atoms with Crippen LogP contribution in [-0.2, 0) is 0 Å². The highest BCUT2D eigenvalue weighted by Crippen LogP contribution is 2.32. The minimum atomic E-state index is 0.310. The van der Waals surface area contributed by atoms with E-state index in [9.17, 15) is 5.11 Å². The van der Waals surface area contributed by atoms with Crippen molar-refractivity contribution in [1.29, 1.82) is 0 Å². The number of benzene rings is 3. The molecule has 0 aromatic heterocycles. The third-order valence-electron chi connectivity index (χ3n) is 3.23. The maximum Gasteiger partial charge on any atom is 0.123 e. The van der Waals surface area contributed by atoms with Crippen LogP contribution in [0.1, 0.15) is 5.56 Å². The van der Waals surface area contributed by atoms with Crippen molar-refractivity contribution in [2.45, 2.75) is 6.92 Å². The number of nitrogens with one attached hydrogen (secondary N) is 1. The Morgan fingerprint density at radius 2 is 1.47 bits per heavy atom. The van der Waals surface area contributed by atoms with Gasteiger partial charge in [0.15, 0.2) is 0 Å². The third kappa shape index (κ3) is 2.25. The Bertz CT molecular complexity index is 717. The summed E-state index contributed by atoms with van der Waals surface area (Å²) in [5, 5.41) is 15.1. The molecule has 0 aliphatic rings. The van der Waals surface area contributed by atoms with Gasteiger partial charge in [-0.1, -0.05) is 42.0 Å². The standard InChI is InChI=1S/C17H15NO/c1-12-6-8-13(9-7-12)18-16-10-11-17(19)15-5-3-2-4-14(15)16/h2-11,18-19H,1H3. The van der Waals surface area contributed by atoms with Crippen molar-refractivity contribution in [2.75, 3.05) is 5.32 Å². The Labute approximate surface area is 112 Å². The second-order valence-corrected chi connectivity index (χ2v) is 4.67. The van der Waals surface area contributed by atoms with Crippen LogP contribution >= 0.6 is 0 Å². The lowest BCUT2D eigenvalue weighted by atomic mass is 10.1. The highest BCUT2D eigenvalue weighted by atomic mass is 16.3. The molecular formula is C17H15NO. The van der Waals surface area contributed by atoms with E-state index < -0.39 is 0 Å². The van der Waals surface area contributed by atoms with E-state index in [0.717, 1.165) is 22.1 Å². The summed E-state index contributed by atoms with van der Waals surface area (Å²) in [5.41, 5.74) is 3.28. The molecule has 2 nitrogen and oxygen atoms in total. The van der Waals surface area contributed by atoms with Gasteiger partial charge in [0, 0.05) is 22.1 Å². The van der Waals surface area contributed by atoms with Crippen LogP contribution in [0.2, 0.25) is 0 Å². The Balaban J connectivity index is 2.06. The molecule has 2 heteroatoms. The van der Waals surface area contributed by atoms with E-state index in [0.29, 0.717) is 5.75 Å². The van der Waals surface area contributed by atoms with Gasteiger partial charge in [0.1, 0.15) is 5.75 Å². The number of hydrogen-bond acceptors (Lipinski definition) is 2. The lowest BCUT2D eigenvalue weighted by molar-refractivity contribution is 0.481. The molecule has 0 saturated heterocycles. The van der Waals surface area contributed by atoms with Gasteiger partial charge in [-0.2, -0.15) is 0 Å². The molecule has 0 spiro atoms. The fraction of sp³-hybridized carbons (Fsp3) is 0.0588. The zero-order valence-corrected chi connectivity index (χ0v) is 10.7. The fourth-order valence-corrected chi connectivity index (χ4v) is 2.18. The quantitative estimate of drug-likeness (QED) is 0.651. The van der Waals surface area contributed by atoms with Crippen LogP contribution < -0.4 is 5.32 Å². The first kappa shape index (κ1) is 11.6. The zero-order chi connectivity index (χ0) is 13.2. The molecule has 0 fully saturated rings. The van der Waals surface area contributed by atoms with E-state index in [1.807, 2.05) is 30.3 Å². The highest BCUT2D eigenvalue weighted by molar-refractivity contribution is 5.98. The first-order chi connectivity index (χ1) is 9.24. The van der Waals surface area contributed by atoms with E-state index in [-0.39, 0.29) is 0 Å². The Morgan fingerprint density at radius 1 is 0.789 bits per heavy atom. The van der Waals surface area contributed by atoms with Crippen LogP contribution in [-0.4, -0.2) is 5.11 Å². The highest BCUT2D eigenvalue weighted by Gasteiger charge is 2.04. The zero-order valence-electron chi connectivity index (χ0n) is 10.7. The number of anilines is 2. The number of rotatable bonds is 2. The molecule has 3 aromatic rings. The minimum Gasteiger partial charge on any atom is -0.507 e. The number of phenolic OH excluding ortho intramolecular Hbond substituents is 1. The number of aromatic hydroxyl groups is 1. The van der Waals surface area contributed by atoms with Gasteiger partial charge in [-0.3, -0.25) is 0 Å². The largest absolute Gasteiger partial charge is 0.507 e. The fourth-order valence-electron chi connectivity index (χ4n) is 2.18. The van der Waals surface area contributed by atoms with Crippen molar-refractivity contribution >= 4 is 22.1 Å². The monoisotopic (exact) mass is 249 g/mol. The number of aryl methyl sites for hydroxylation is 1. The van der Waals surface area contributed by atoms with Crippen LogP contribution in [0.3, 0.4) is 0 Å². The first-order valence-electron chi connectivity index (χ1n) is 6.28. The van der Waals surface area contributed by atoms with Gasteiger partial charge >= 0.3 is 0 Å². The molecule has 3 aromatic carbocycles. The lowest BCUT2D eigenvalue weighted by Gasteiger charge is -2.11. The Kier molecular flexibility index (Phi) is 2.84. The molecule has 19 heavy (non-hydrogen) atoms. The van der Waals surface area contributed by atoms with E-state index in [4.69, 9.17) is 0 Å². The predicted molar refractivity (Wildman–Crippen MR) is 80.1 cm³/mol. The molecule has 0 heterocycles. The van der Waals surface area contributed by atoms with E-state index in [1.165, 1.54) is 5.56 Å². The Morgan fingerprint density at radius 3 is 2.21 bits per heavy atom. The molecule has 3 rings (SSSR count). The smallest absolute Gasteiger partial charge is 0.123 e. The summed E-state index contributed by atoms with van der Waals surface area (Å²) in [7, 11) is 0. The summed E-state index contributed by atoms with van der Waals surface area (Å²) in [5.74, 6) is 0.310. The summed E-state index contributed by atoms with van der Waals surface area (Å²) in [6.07, 6.45) is 0. The summed E-state index contributed by atoms with van der Waals surface area (Å²) in [6.45, 7) is 2.07. The average Bonchev–Trinajstić information content (AvgIpc) is 2.45. The van der Waals surface area contributed by atoms with E-state index in [2.05, 4.69) is 36.5 Å². The molecule has 94 valence electrons. The minimum absolute atomic E-state index is 0.310. The maximum atomic E-state index is 9.87. The number of phenols is 1. The topological polar surface area (TPSA) is 32.3 Å². The molecule has 0 saturated carbocycles. The molecule has 2 N–H and O–H groups in total. The average molecular weight is 249 g/mol. The van der Waals surface area contributed by atoms with Crippen molar-refractivity contribution < 1.29 is 5.11 Å². The molecule has 0 amide bonds. The van der Waals surface area contributed by atoms with Gasteiger partial charge in [-0.15, -0.1) is 0 Å².